The predicted octanol–water partition coefficient (Wildman–Crippen LogP) is 5.97. The number of carbonyl (C=O) groups is 2. The number of nitrogens with zero attached hydrogens (tertiary/aromatic N) is 3. The Balaban J connectivity index is 1.04. The lowest BCUT2D eigenvalue weighted by molar-refractivity contribution is 0.101. The van der Waals surface area contributed by atoms with Crippen LogP contribution in [0.25, 0.3) is 27.5 Å². The van der Waals surface area contributed by atoms with E-state index in [1.807, 2.05) is 85.1 Å². The number of piperidine rings is 1. The van der Waals surface area contributed by atoms with Crippen LogP contribution in [0.3, 0.4) is 0 Å². The number of carbonyl (C=O) groups excluding carboxylic acids is 2. The minimum atomic E-state index is -0.224. The van der Waals surface area contributed by atoms with Gasteiger partial charge in [0.2, 0.25) is 0 Å². The molecule has 3 heterocycles. The lowest BCUT2D eigenvalue weighted by Crippen LogP contribution is -2.35. The minimum Gasteiger partial charge on any atom is -0.393 e. The Morgan fingerprint density at radius 1 is 0.744 bits per heavy atom. The summed E-state index contributed by atoms with van der Waals surface area (Å²) in [6, 6.07) is 28.2. The number of aliphatic hydroxyl groups is 1. The van der Waals surface area contributed by atoms with Gasteiger partial charge in [-0.2, -0.15) is 5.10 Å². The highest BCUT2D eigenvalue weighted by Crippen LogP contribution is 2.25. The molecule has 1 aliphatic heterocycles. The van der Waals surface area contributed by atoms with Gasteiger partial charge in [-0.15, -0.1) is 0 Å². The minimum absolute atomic E-state index is 0.197. The van der Waals surface area contributed by atoms with Gasteiger partial charge in [0.05, 0.1) is 23.5 Å². The van der Waals surface area contributed by atoms with E-state index in [1.165, 1.54) is 0 Å². The Hall–Kier alpha value is -5.41. The molecule has 7 rings (SSSR count). The van der Waals surface area contributed by atoms with Crippen molar-refractivity contribution in [2.24, 2.45) is 0 Å². The largest absolute Gasteiger partial charge is 0.393 e. The third kappa shape index (κ3) is 5.45. The van der Waals surface area contributed by atoms with Crippen LogP contribution in [0, 0.1) is 0 Å². The van der Waals surface area contributed by atoms with Gasteiger partial charge in [0.15, 0.2) is 0 Å². The van der Waals surface area contributed by atoms with E-state index < -0.39 is 0 Å². The number of aliphatic hydroxyl groups excluding tert-OH is 1. The normalized spacial score (nSPS) is 13.8. The molecule has 9 heteroatoms. The molecule has 0 radical (unpaired) electrons. The van der Waals surface area contributed by atoms with Crippen LogP contribution in [0.15, 0.2) is 103 Å². The summed E-state index contributed by atoms with van der Waals surface area (Å²) < 4.78 is 1.79. The Kier molecular flexibility index (Phi) is 6.84. The third-order valence-corrected chi connectivity index (χ3v) is 7.97. The first-order valence-electron chi connectivity index (χ1n) is 14.3. The summed E-state index contributed by atoms with van der Waals surface area (Å²) in [7, 11) is 0. The van der Waals surface area contributed by atoms with E-state index in [1.54, 1.807) is 23.0 Å². The maximum Gasteiger partial charge on any atom is 0.255 e. The van der Waals surface area contributed by atoms with Crippen molar-refractivity contribution >= 4 is 50.7 Å². The maximum atomic E-state index is 13.0. The van der Waals surface area contributed by atoms with Crippen molar-refractivity contribution in [1.29, 1.82) is 0 Å². The first kappa shape index (κ1) is 26.5. The predicted molar refractivity (Wildman–Crippen MR) is 169 cm³/mol. The van der Waals surface area contributed by atoms with Gasteiger partial charge in [-0.3, -0.25) is 9.59 Å². The van der Waals surface area contributed by atoms with Crippen LogP contribution in [0.2, 0.25) is 0 Å². The van der Waals surface area contributed by atoms with E-state index in [0.29, 0.717) is 16.8 Å². The number of rotatable bonds is 6. The summed E-state index contributed by atoms with van der Waals surface area (Å²) in [5, 5.41) is 22.3. The van der Waals surface area contributed by atoms with E-state index in [9.17, 15) is 14.7 Å². The summed E-state index contributed by atoms with van der Waals surface area (Å²) in [4.78, 5) is 31.3. The van der Waals surface area contributed by atoms with Gasteiger partial charge >= 0.3 is 0 Å². The summed E-state index contributed by atoms with van der Waals surface area (Å²) in [5.74, 6) is -0.396. The lowest BCUT2D eigenvalue weighted by Gasteiger charge is -2.31. The number of fused-ring (bicyclic) bond motifs is 2. The zero-order valence-electron chi connectivity index (χ0n) is 23.3. The van der Waals surface area contributed by atoms with Crippen molar-refractivity contribution in [2.45, 2.75) is 18.9 Å². The fourth-order valence-corrected chi connectivity index (χ4v) is 5.54. The third-order valence-electron chi connectivity index (χ3n) is 7.97. The number of amides is 2. The molecule has 0 bridgehead atoms. The molecule has 0 saturated carbocycles. The Bertz CT molecular complexity index is 1930. The van der Waals surface area contributed by atoms with Gasteiger partial charge in [0, 0.05) is 58.4 Å². The highest BCUT2D eigenvalue weighted by Gasteiger charge is 2.18. The molecule has 4 aromatic carbocycles. The first-order chi connectivity index (χ1) is 21.0. The number of anilines is 3. The first-order valence-corrected chi connectivity index (χ1v) is 14.3. The van der Waals surface area contributed by atoms with Crippen LogP contribution in [0.5, 0.6) is 0 Å². The zero-order valence-corrected chi connectivity index (χ0v) is 23.3. The van der Waals surface area contributed by atoms with Crippen LogP contribution in [-0.2, 0) is 0 Å². The van der Waals surface area contributed by atoms with E-state index in [0.717, 1.165) is 64.8 Å². The van der Waals surface area contributed by atoms with Gasteiger partial charge in [0.25, 0.3) is 11.8 Å². The fourth-order valence-electron chi connectivity index (χ4n) is 5.54. The number of aromatic amines is 1. The highest BCUT2D eigenvalue weighted by molar-refractivity contribution is 6.06. The smallest absolute Gasteiger partial charge is 0.255 e. The van der Waals surface area contributed by atoms with E-state index in [4.69, 9.17) is 0 Å². The molecule has 43 heavy (non-hydrogen) atoms. The molecule has 2 amide bonds. The van der Waals surface area contributed by atoms with Crippen molar-refractivity contribution in [1.82, 2.24) is 14.8 Å². The average molecular weight is 571 g/mol. The van der Waals surface area contributed by atoms with Gasteiger partial charge in [-0.25, -0.2) is 4.68 Å². The van der Waals surface area contributed by atoms with Gasteiger partial charge in [0.1, 0.15) is 0 Å². The van der Waals surface area contributed by atoms with Crippen LogP contribution >= 0.6 is 0 Å². The Morgan fingerprint density at radius 3 is 2.02 bits per heavy atom. The number of benzene rings is 4. The van der Waals surface area contributed by atoms with Crippen molar-refractivity contribution < 1.29 is 14.7 Å². The summed E-state index contributed by atoms with van der Waals surface area (Å²) >= 11 is 0. The fraction of sp³-hybridized carbons (Fsp3) is 0.147. The quantitative estimate of drug-likeness (QED) is 0.197. The Morgan fingerprint density at radius 2 is 1.35 bits per heavy atom. The molecule has 2 aromatic heterocycles. The molecule has 0 spiro atoms. The summed E-state index contributed by atoms with van der Waals surface area (Å²) in [6.07, 6.45) is 4.93. The molecule has 0 unspecified atom stereocenters. The second-order valence-corrected chi connectivity index (χ2v) is 10.8. The standard InChI is InChI=1S/C34H30N6O3/c41-30-14-17-39(18-15-30)28-9-3-23(4-10-28)34(43)38-27-8-2-25-21-36-40(32(25)20-27)29-11-5-24(6-12-29)33(42)37-26-7-1-22-13-16-35-31(22)19-26/h1-13,16,19-21,30,35,41H,14-15,17-18H2,(H,37,42)(H,38,43). The van der Waals surface area contributed by atoms with Crippen LogP contribution in [-0.4, -0.2) is 50.9 Å². The van der Waals surface area contributed by atoms with Crippen molar-refractivity contribution in [3.05, 3.63) is 115 Å². The zero-order chi connectivity index (χ0) is 29.3. The van der Waals surface area contributed by atoms with Gasteiger partial charge in [-0.1, -0.05) is 6.07 Å². The van der Waals surface area contributed by atoms with Crippen LogP contribution in [0.4, 0.5) is 17.1 Å². The van der Waals surface area contributed by atoms with E-state index >= 15 is 0 Å². The van der Waals surface area contributed by atoms with E-state index in [2.05, 4.69) is 25.6 Å². The Labute approximate surface area is 247 Å². The molecule has 214 valence electrons. The average Bonchev–Trinajstić information content (AvgIpc) is 3.68. The molecular weight excluding hydrogens is 540 g/mol. The number of H-pyrrole nitrogens is 1. The summed E-state index contributed by atoms with van der Waals surface area (Å²) in [5.41, 5.74) is 6.11. The monoisotopic (exact) mass is 570 g/mol. The topological polar surface area (TPSA) is 115 Å². The van der Waals surface area contributed by atoms with Crippen molar-refractivity contribution in [2.75, 3.05) is 28.6 Å². The molecule has 6 aromatic rings. The SMILES string of the molecule is O=C(Nc1ccc2cc[nH]c2c1)c1ccc(-n2ncc3ccc(NC(=O)c4ccc(N5CCC(O)CC5)cc4)cc32)cc1. The van der Waals surface area contributed by atoms with Gasteiger partial charge < -0.3 is 25.6 Å². The molecule has 1 aliphatic rings. The van der Waals surface area contributed by atoms with Crippen LogP contribution < -0.4 is 15.5 Å². The second-order valence-electron chi connectivity index (χ2n) is 10.8. The number of nitrogens with one attached hydrogen (secondary N) is 3. The highest BCUT2D eigenvalue weighted by atomic mass is 16.3. The molecule has 9 nitrogen and oxygen atoms in total. The molecular formula is C34H30N6O3. The maximum absolute atomic E-state index is 13.0. The number of hydrogen-bond acceptors (Lipinski definition) is 5. The molecule has 1 fully saturated rings. The second kappa shape index (κ2) is 11.1. The van der Waals surface area contributed by atoms with Crippen molar-refractivity contribution in [3.8, 4) is 5.69 Å². The molecule has 4 N–H and O–H groups in total. The van der Waals surface area contributed by atoms with Gasteiger partial charge in [-0.05, 0) is 103 Å². The number of aromatic nitrogens is 3. The van der Waals surface area contributed by atoms with Crippen LogP contribution in [0.1, 0.15) is 33.6 Å². The number of hydrogen-bond donors (Lipinski definition) is 4. The van der Waals surface area contributed by atoms with Crippen molar-refractivity contribution in [3.63, 3.8) is 0 Å². The van der Waals surface area contributed by atoms with E-state index in [-0.39, 0.29) is 17.9 Å². The summed E-state index contributed by atoms with van der Waals surface area (Å²) in [6.45, 7) is 1.61. The molecule has 0 aliphatic carbocycles. The molecule has 1 saturated heterocycles. The molecule has 0 atom stereocenters. The lowest BCUT2D eigenvalue weighted by atomic mass is 10.1.